The van der Waals surface area contributed by atoms with Crippen LogP contribution in [-0.2, 0) is 9.59 Å². The molecule has 5 nitrogen and oxygen atoms in total. The van der Waals surface area contributed by atoms with E-state index < -0.39 is 0 Å². The van der Waals surface area contributed by atoms with Crippen LogP contribution in [0, 0.1) is 0 Å². The second kappa shape index (κ2) is 4.08. The van der Waals surface area contributed by atoms with E-state index in [1.807, 2.05) is 0 Å². The van der Waals surface area contributed by atoms with Gasteiger partial charge in [-0.1, -0.05) is 6.07 Å². The highest BCUT2D eigenvalue weighted by atomic mass is 16.2. The zero-order chi connectivity index (χ0) is 11.5. The average Bonchev–Trinajstić information content (AvgIpc) is 2.59. The van der Waals surface area contributed by atoms with Gasteiger partial charge in [0.05, 0.1) is 11.4 Å². The highest BCUT2D eigenvalue weighted by molar-refractivity contribution is 6.20. The number of aliphatic imine (C=N–C) groups is 2. The Morgan fingerprint density at radius 2 is 2.31 bits per heavy atom. The van der Waals surface area contributed by atoms with Crippen LogP contribution in [0.3, 0.4) is 0 Å². The van der Waals surface area contributed by atoms with E-state index in [1.165, 1.54) is 11.0 Å². The zero-order valence-corrected chi connectivity index (χ0v) is 8.67. The Balaban J connectivity index is 2.40. The minimum absolute atomic E-state index is 0.0790. The molecule has 0 radical (unpaired) electrons. The summed E-state index contributed by atoms with van der Waals surface area (Å²) in [5.41, 5.74) is 1.14. The largest absolute Gasteiger partial charge is 0.272 e. The Labute approximate surface area is 92.1 Å². The summed E-state index contributed by atoms with van der Waals surface area (Å²) in [6.07, 6.45) is 1.47. The molecule has 0 unspecified atom stereocenters. The fraction of sp³-hybridized carbons (Fsp3) is 0.182. The lowest BCUT2D eigenvalue weighted by Crippen LogP contribution is -2.30. The third kappa shape index (κ3) is 1.76. The molecular weight excluding hydrogens is 206 g/mol. The second-order valence-corrected chi connectivity index (χ2v) is 3.32. The van der Waals surface area contributed by atoms with Crippen LogP contribution in [0.25, 0.3) is 0 Å². The van der Waals surface area contributed by atoms with E-state index >= 15 is 0 Å². The smallest absolute Gasteiger partial charge is 0.254 e. The van der Waals surface area contributed by atoms with E-state index in [2.05, 4.69) is 9.98 Å². The van der Waals surface area contributed by atoms with Crippen molar-refractivity contribution in [1.29, 1.82) is 0 Å². The molecule has 0 aromatic heterocycles. The number of amidine groups is 1. The average molecular weight is 215 g/mol. The fourth-order valence-corrected chi connectivity index (χ4v) is 1.59. The minimum Gasteiger partial charge on any atom is -0.272 e. The van der Waals surface area contributed by atoms with Gasteiger partial charge in [0.1, 0.15) is 12.4 Å². The molecule has 0 saturated carbocycles. The van der Waals surface area contributed by atoms with Gasteiger partial charge in [0, 0.05) is 0 Å². The number of hydrogen-bond acceptors (Lipinski definition) is 4. The maximum atomic E-state index is 11.6. The van der Waals surface area contributed by atoms with Crippen molar-refractivity contribution in [2.75, 3.05) is 11.4 Å². The van der Waals surface area contributed by atoms with Gasteiger partial charge in [-0.05, 0) is 25.1 Å². The lowest BCUT2D eigenvalue weighted by molar-refractivity contribution is -0.115. The van der Waals surface area contributed by atoms with Crippen LogP contribution in [0.4, 0.5) is 11.4 Å². The highest BCUT2D eigenvalue weighted by Crippen LogP contribution is 2.23. The summed E-state index contributed by atoms with van der Waals surface area (Å²) < 4.78 is 0. The van der Waals surface area contributed by atoms with Crippen LogP contribution in [-0.4, -0.2) is 24.4 Å². The predicted octanol–water partition coefficient (Wildman–Crippen LogP) is 1.42. The van der Waals surface area contributed by atoms with E-state index in [1.54, 1.807) is 31.2 Å². The first kappa shape index (κ1) is 10.3. The van der Waals surface area contributed by atoms with Crippen molar-refractivity contribution in [2.45, 2.75) is 6.92 Å². The molecule has 1 heterocycles. The predicted molar refractivity (Wildman–Crippen MR) is 59.7 cm³/mol. The van der Waals surface area contributed by atoms with E-state index in [4.69, 9.17) is 0 Å². The van der Waals surface area contributed by atoms with Crippen LogP contribution in [0.2, 0.25) is 0 Å². The standard InChI is InChI=1S/C11H9N3O2/c1-8-12-6-11(16)14(8)10-4-2-3-9(5-10)13-7-15/h2-5H,6H2,1H3. The molecule has 1 aromatic carbocycles. The molecule has 1 aliphatic rings. The second-order valence-electron chi connectivity index (χ2n) is 3.32. The maximum absolute atomic E-state index is 11.6. The lowest BCUT2D eigenvalue weighted by atomic mass is 10.2. The highest BCUT2D eigenvalue weighted by Gasteiger charge is 2.23. The summed E-state index contributed by atoms with van der Waals surface area (Å²) in [5.74, 6) is 0.571. The van der Waals surface area contributed by atoms with Crippen molar-refractivity contribution >= 4 is 29.2 Å². The normalized spacial score (nSPS) is 14.7. The summed E-state index contributed by atoms with van der Waals surface area (Å²) >= 11 is 0. The Hall–Kier alpha value is -2.26. The van der Waals surface area contributed by atoms with E-state index in [0.29, 0.717) is 17.2 Å². The monoisotopic (exact) mass is 215 g/mol. The number of carbonyl (C=O) groups excluding carboxylic acids is 2. The van der Waals surface area contributed by atoms with Gasteiger partial charge < -0.3 is 0 Å². The van der Waals surface area contributed by atoms with Crippen molar-refractivity contribution in [3.63, 3.8) is 0 Å². The summed E-state index contributed by atoms with van der Waals surface area (Å²) in [7, 11) is 0. The molecule has 0 spiro atoms. The number of nitrogens with zero attached hydrogens (tertiary/aromatic N) is 3. The first-order valence-corrected chi connectivity index (χ1v) is 4.74. The van der Waals surface area contributed by atoms with Crippen molar-refractivity contribution < 1.29 is 9.59 Å². The van der Waals surface area contributed by atoms with Gasteiger partial charge in [0.2, 0.25) is 6.08 Å². The number of hydrogen-bond donors (Lipinski definition) is 0. The van der Waals surface area contributed by atoms with Gasteiger partial charge in [-0.2, -0.15) is 4.99 Å². The number of amides is 1. The van der Waals surface area contributed by atoms with Gasteiger partial charge in [-0.25, -0.2) is 4.79 Å². The first-order valence-electron chi connectivity index (χ1n) is 4.74. The molecule has 16 heavy (non-hydrogen) atoms. The Kier molecular flexibility index (Phi) is 2.62. The van der Waals surface area contributed by atoms with Crippen LogP contribution in [0.5, 0.6) is 0 Å². The van der Waals surface area contributed by atoms with Gasteiger partial charge in [0.15, 0.2) is 0 Å². The van der Waals surface area contributed by atoms with Crippen molar-refractivity contribution in [1.82, 2.24) is 0 Å². The quantitative estimate of drug-likeness (QED) is 0.553. The Morgan fingerprint density at radius 1 is 1.50 bits per heavy atom. The number of carbonyl (C=O) groups is 1. The Bertz CT molecular complexity index is 516. The molecule has 2 rings (SSSR count). The molecule has 1 aromatic rings. The molecule has 1 aliphatic heterocycles. The van der Waals surface area contributed by atoms with Gasteiger partial charge in [-0.15, -0.1) is 0 Å². The van der Waals surface area contributed by atoms with Gasteiger partial charge >= 0.3 is 0 Å². The third-order valence-corrected chi connectivity index (χ3v) is 2.28. The van der Waals surface area contributed by atoms with Gasteiger partial charge in [-0.3, -0.25) is 14.7 Å². The van der Waals surface area contributed by atoms with Crippen LogP contribution in [0.15, 0.2) is 34.3 Å². The summed E-state index contributed by atoms with van der Waals surface area (Å²) in [5, 5.41) is 0. The third-order valence-electron chi connectivity index (χ3n) is 2.28. The molecule has 0 fully saturated rings. The lowest BCUT2D eigenvalue weighted by Gasteiger charge is -2.16. The van der Waals surface area contributed by atoms with Crippen LogP contribution < -0.4 is 4.90 Å². The molecule has 0 aliphatic carbocycles. The van der Waals surface area contributed by atoms with Crippen molar-refractivity contribution in [3.8, 4) is 0 Å². The number of isocyanates is 1. The van der Waals surface area contributed by atoms with Crippen molar-refractivity contribution in [3.05, 3.63) is 24.3 Å². The first-order chi connectivity index (χ1) is 7.72. The molecule has 0 atom stereocenters. The van der Waals surface area contributed by atoms with E-state index in [9.17, 15) is 9.59 Å². The minimum atomic E-state index is -0.0790. The number of benzene rings is 1. The Morgan fingerprint density at radius 3 is 2.94 bits per heavy atom. The zero-order valence-electron chi connectivity index (χ0n) is 8.67. The van der Waals surface area contributed by atoms with E-state index in [-0.39, 0.29) is 12.5 Å². The van der Waals surface area contributed by atoms with Crippen LogP contribution >= 0.6 is 0 Å². The molecular formula is C11H9N3O2. The number of rotatable bonds is 2. The van der Waals surface area contributed by atoms with E-state index in [0.717, 1.165) is 0 Å². The molecule has 80 valence electrons. The topological polar surface area (TPSA) is 62.1 Å². The molecule has 0 bridgehead atoms. The summed E-state index contributed by atoms with van der Waals surface area (Å²) in [6, 6.07) is 6.81. The molecule has 1 amide bonds. The van der Waals surface area contributed by atoms with Crippen LogP contribution in [0.1, 0.15) is 6.92 Å². The molecule has 5 heteroatoms. The summed E-state index contributed by atoms with van der Waals surface area (Å²) in [6.45, 7) is 1.94. The number of anilines is 1. The fourth-order valence-electron chi connectivity index (χ4n) is 1.59. The molecule has 0 N–H and O–H groups in total. The molecule has 0 saturated heterocycles. The summed E-state index contributed by atoms with van der Waals surface area (Å²) in [4.78, 5) is 30.7. The maximum Gasteiger partial charge on any atom is 0.254 e. The van der Waals surface area contributed by atoms with Crippen molar-refractivity contribution in [2.24, 2.45) is 9.98 Å². The van der Waals surface area contributed by atoms with Gasteiger partial charge in [0.25, 0.3) is 5.91 Å². The SMILES string of the molecule is CC1=NCC(=O)N1c1cccc(N=C=O)c1.